The Hall–Kier alpha value is -1.43. The maximum Gasteiger partial charge on any atom is 0.309 e. The van der Waals surface area contributed by atoms with Crippen molar-refractivity contribution in [3.8, 4) is 0 Å². The number of hydrogen-bond acceptors (Lipinski definition) is 5. The number of carbonyl (C=O) groups excluding carboxylic acids is 2. The van der Waals surface area contributed by atoms with E-state index in [9.17, 15) is 14.4 Å². The summed E-state index contributed by atoms with van der Waals surface area (Å²) in [6.07, 6.45) is 3.98. The lowest BCUT2D eigenvalue weighted by Crippen LogP contribution is -2.22. The summed E-state index contributed by atoms with van der Waals surface area (Å²) < 4.78 is 9.90. The molecule has 0 spiro atoms. The van der Waals surface area contributed by atoms with Gasteiger partial charge in [0, 0.05) is 28.0 Å². The third-order valence-corrected chi connectivity index (χ3v) is 3.11. The summed E-state index contributed by atoms with van der Waals surface area (Å²) in [5, 5.41) is 9.03. The van der Waals surface area contributed by atoms with Crippen LogP contribution in [0.25, 0.3) is 0 Å². The highest BCUT2D eigenvalue weighted by Gasteiger charge is 2.19. The Bertz CT molecular complexity index is 333. The second-order valence-corrected chi connectivity index (χ2v) is 5.12. The minimum Gasteiger partial charge on any atom is -0.481 e. The molecule has 0 saturated carbocycles. The summed E-state index contributed by atoms with van der Waals surface area (Å²) in [7, 11) is 1.63. The largest absolute Gasteiger partial charge is 0.481 e. The van der Waals surface area contributed by atoms with Crippen molar-refractivity contribution in [3.63, 3.8) is 0 Å². The molecule has 0 aromatic heterocycles. The van der Waals surface area contributed by atoms with E-state index in [0.29, 0.717) is 38.7 Å². The first-order valence-corrected chi connectivity index (χ1v) is 7.34. The SMILES string of the molecule is C.COCCCCCC(=O)OCC(CCCC(C)=O)C(=O)O.[2HH]. The first kappa shape index (κ1) is 22.8. The van der Waals surface area contributed by atoms with Crippen LogP contribution in [-0.2, 0) is 23.9 Å². The van der Waals surface area contributed by atoms with E-state index in [1.807, 2.05) is 0 Å². The van der Waals surface area contributed by atoms with Gasteiger partial charge in [-0.3, -0.25) is 9.59 Å². The van der Waals surface area contributed by atoms with Gasteiger partial charge in [-0.05, 0) is 32.6 Å². The van der Waals surface area contributed by atoms with Gasteiger partial charge in [0.25, 0.3) is 0 Å². The van der Waals surface area contributed by atoms with Crippen LogP contribution in [0, 0.1) is 5.92 Å². The topological polar surface area (TPSA) is 89.9 Å². The number of Topliss-reactive ketones (excluding diaryl/α,β-unsaturated/α-hetero) is 1. The van der Waals surface area contributed by atoms with Gasteiger partial charge < -0.3 is 19.4 Å². The lowest BCUT2D eigenvalue weighted by molar-refractivity contribution is -0.151. The monoisotopic (exact) mass is 321 g/mol. The summed E-state index contributed by atoms with van der Waals surface area (Å²) in [6, 6.07) is 0. The molecule has 0 aromatic rings. The predicted molar refractivity (Wildman–Crippen MR) is 85.8 cm³/mol. The van der Waals surface area contributed by atoms with Gasteiger partial charge in [-0.15, -0.1) is 0 Å². The van der Waals surface area contributed by atoms with Crippen LogP contribution in [-0.4, -0.2) is 43.2 Å². The standard InChI is InChI=1S/C15H26O6.CH4.H2/c1-12(16)7-6-8-13(15(18)19)11-21-14(17)9-4-3-5-10-20-2;;/h13H,3-11H2,1-2H3,(H,18,19);1H4;1H/i;;1+1. The number of carbonyl (C=O) groups is 3. The molecular formula is C16H32O6. The molecule has 0 saturated heterocycles. The van der Waals surface area contributed by atoms with Crippen LogP contribution in [0.4, 0.5) is 0 Å². The van der Waals surface area contributed by atoms with Crippen molar-refractivity contribution in [2.45, 2.75) is 59.3 Å². The zero-order valence-electron chi connectivity index (χ0n) is 12.9. The molecule has 0 aliphatic heterocycles. The Kier molecular flexibility index (Phi) is 15.1. The van der Waals surface area contributed by atoms with Gasteiger partial charge in [0.15, 0.2) is 0 Å². The Morgan fingerprint density at radius 3 is 2.32 bits per heavy atom. The van der Waals surface area contributed by atoms with E-state index >= 15 is 0 Å². The average molecular weight is 321 g/mol. The van der Waals surface area contributed by atoms with Crippen LogP contribution < -0.4 is 0 Å². The molecule has 0 amide bonds. The van der Waals surface area contributed by atoms with Crippen molar-refractivity contribution in [2.24, 2.45) is 5.92 Å². The number of methoxy groups -OCH3 is 1. The maximum atomic E-state index is 11.5. The van der Waals surface area contributed by atoms with E-state index in [0.717, 1.165) is 12.8 Å². The van der Waals surface area contributed by atoms with Gasteiger partial charge in [0.1, 0.15) is 12.4 Å². The van der Waals surface area contributed by atoms with Crippen LogP contribution in [0.3, 0.4) is 0 Å². The highest BCUT2D eigenvalue weighted by atomic mass is 16.5. The fourth-order valence-corrected chi connectivity index (χ4v) is 1.83. The Morgan fingerprint density at radius 1 is 1.09 bits per heavy atom. The molecule has 0 aliphatic rings. The molecule has 0 heterocycles. The van der Waals surface area contributed by atoms with Crippen LogP contribution >= 0.6 is 0 Å². The Labute approximate surface area is 134 Å². The minimum atomic E-state index is -0.994. The first-order chi connectivity index (χ1) is 9.97. The number of esters is 1. The predicted octanol–water partition coefficient (Wildman–Crippen LogP) is 3.08. The highest BCUT2D eigenvalue weighted by Crippen LogP contribution is 2.11. The van der Waals surface area contributed by atoms with Crippen LogP contribution in [0.15, 0.2) is 0 Å². The average Bonchev–Trinajstić information content (AvgIpc) is 2.41. The fourth-order valence-electron chi connectivity index (χ4n) is 1.83. The number of aliphatic carboxylic acids is 1. The molecule has 1 N–H and O–H groups in total. The number of carboxylic acids is 1. The molecule has 0 bridgehead atoms. The van der Waals surface area contributed by atoms with E-state index in [1.165, 1.54) is 6.92 Å². The third-order valence-electron chi connectivity index (χ3n) is 3.11. The molecular weight excluding hydrogens is 288 g/mol. The number of rotatable bonds is 13. The fraction of sp³-hybridized carbons (Fsp3) is 0.812. The smallest absolute Gasteiger partial charge is 0.309 e. The van der Waals surface area contributed by atoms with Crippen molar-refractivity contribution in [1.29, 1.82) is 0 Å². The number of ether oxygens (including phenoxy) is 2. The molecule has 6 nitrogen and oxygen atoms in total. The molecule has 132 valence electrons. The Balaban J connectivity index is -0.00000200. The number of carboxylic acid groups (broad SMARTS) is 1. The van der Waals surface area contributed by atoms with E-state index < -0.39 is 11.9 Å². The molecule has 22 heavy (non-hydrogen) atoms. The van der Waals surface area contributed by atoms with Crippen molar-refractivity contribution >= 4 is 17.7 Å². The molecule has 0 radical (unpaired) electrons. The van der Waals surface area contributed by atoms with Crippen LogP contribution in [0.1, 0.15) is 60.7 Å². The molecule has 1 atom stereocenters. The van der Waals surface area contributed by atoms with Crippen molar-refractivity contribution in [1.82, 2.24) is 0 Å². The van der Waals surface area contributed by atoms with Crippen LogP contribution in [0.5, 0.6) is 0 Å². The van der Waals surface area contributed by atoms with Gasteiger partial charge in [-0.25, -0.2) is 0 Å². The molecule has 6 heteroatoms. The van der Waals surface area contributed by atoms with Gasteiger partial charge in [0.2, 0.25) is 0 Å². The lowest BCUT2D eigenvalue weighted by atomic mass is 10.0. The molecule has 1 unspecified atom stereocenters. The van der Waals surface area contributed by atoms with Gasteiger partial charge in [0.05, 0.1) is 5.92 Å². The molecule has 0 aliphatic carbocycles. The van der Waals surface area contributed by atoms with Gasteiger partial charge in [-0.1, -0.05) is 13.8 Å². The van der Waals surface area contributed by atoms with Crippen molar-refractivity contribution in [2.75, 3.05) is 20.3 Å². The van der Waals surface area contributed by atoms with Gasteiger partial charge in [-0.2, -0.15) is 0 Å². The highest BCUT2D eigenvalue weighted by molar-refractivity contribution is 5.75. The van der Waals surface area contributed by atoms with E-state index in [4.69, 9.17) is 14.6 Å². The molecule has 0 aromatic carbocycles. The summed E-state index contributed by atoms with van der Waals surface area (Å²) in [4.78, 5) is 33.3. The summed E-state index contributed by atoms with van der Waals surface area (Å²) in [6.45, 7) is 2.02. The summed E-state index contributed by atoms with van der Waals surface area (Å²) >= 11 is 0. The van der Waals surface area contributed by atoms with E-state index in [2.05, 4.69) is 0 Å². The first-order valence-electron chi connectivity index (χ1n) is 7.34. The lowest BCUT2D eigenvalue weighted by Gasteiger charge is -2.12. The van der Waals surface area contributed by atoms with E-state index in [1.54, 1.807) is 7.11 Å². The minimum absolute atomic E-state index is 0. The zero-order chi connectivity index (χ0) is 16.1. The summed E-state index contributed by atoms with van der Waals surface area (Å²) in [5.74, 6) is -2.06. The second-order valence-electron chi connectivity index (χ2n) is 5.12. The Morgan fingerprint density at radius 2 is 1.77 bits per heavy atom. The number of ketones is 1. The van der Waals surface area contributed by atoms with Crippen molar-refractivity contribution < 1.29 is 30.4 Å². The number of unbranched alkanes of at least 4 members (excludes halogenated alkanes) is 2. The van der Waals surface area contributed by atoms with Crippen LogP contribution in [0.2, 0.25) is 0 Å². The van der Waals surface area contributed by atoms with E-state index in [-0.39, 0.29) is 27.2 Å². The summed E-state index contributed by atoms with van der Waals surface area (Å²) in [5.41, 5.74) is 0. The molecule has 0 rings (SSSR count). The zero-order valence-corrected chi connectivity index (χ0v) is 12.9. The van der Waals surface area contributed by atoms with Gasteiger partial charge >= 0.3 is 11.9 Å². The quantitative estimate of drug-likeness (QED) is 0.414. The normalized spacial score (nSPS) is 11.4. The molecule has 0 fully saturated rings. The second kappa shape index (κ2) is 14.5. The number of hydrogen-bond donors (Lipinski definition) is 1. The maximum absolute atomic E-state index is 11.5. The third kappa shape index (κ3) is 13.5. The van der Waals surface area contributed by atoms with Crippen molar-refractivity contribution in [3.05, 3.63) is 0 Å².